The summed E-state index contributed by atoms with van der Waals surface area (Å²) >= 11 is 0. The van der Waals surface area contributed by atoms with Gasteiger partial charge in [-0.2, -0.15) is 0 Å². The molecule has 1 aromatic carbocycles. The van der Waals surface area contributed by atoms with Gasteiger partial charge in [-0.25, -0.2) is 4.98 Å². The molecule has 0 N–H and O–H groups in total. The van der Waals surface area contributed by atoms with Crippen LogP contribution in [0.15, 0.2) is 34.7 Å². The summed E-state index contributed by atoms with van der Waals surface area (Å²) in [6.07, 6.45) is 2.18. The van der Waals surface area contributed by atoms with Gasteiger partial charge in [-0.3, -0.25) is 4.90 Å². The maximum absolute atomic E-state index is 6.32. The molecule has 2 saturated heterocycles. The highest BCUT2D eigenvalue weighted by Crippen LogP contribution is 2.32. The lowest BCUT2D eigenvalue weighted by atomic mass is 9.91. The minimum atomic E-state index is -0.0597. The molecule has 0 radical (unpaired) electrons. The van der Waals surface area contributed by atoms with E-state index in [9.17, 15) is 0 Å². The number of aryl methyl sites for hydroxylation is 1. The Hall–Kier alpha value is -1.69. The van der Waals surface area contributed by atoms with Crippen molar-refractivity contribution in [2.24, 2.45) is 0 Å². The molecule has 2 aliphatic heterocycles. The number of ether oxygens (including phenoxy) is 2. The fourth-order valence-corrected chi connectivity index (χ4v) is 3.97. The molecule has 5 heteroatoms. The van der Waals surface area contributed by atoms with Gasteiger partial charge < -0.3 is 13.9 Å². The average Bonchev–Trinajstić information content (AvgIpc) is 2.96. The smallest absolute Gasteiger partial charge is 0.226 e. The number of nitrogens with zero attached hydrogens (tertiary/aromatic N) is 2. The third-order valence-corrected chi connectivity index (χ3v) is 5.17. The summed E-state index contributed by atoms with van der Waals surface area (Å²) in [6, 6.07) is 10.1. The zero-order valence-electron chi connectivity index (χ0n) is 15.0. The number of morpholine rings is 1. The fourth-order valence-electron chi connectivity index (χ4n) is 3.97. The molecule has 134 valence electrons. The van der Waals surface area contributed by atoms with Gasteiger partial charge in [-0.1, -0.05) is 18.2 Å². The maximum atomic E-state index is 6.32. The number of hydrogen-bond acceptors (Lipinski definition) is 5. The predicted molar refractivity (Wildman–Crippen MR) is 95.3 cm³/mol. The molecular formula is C20H26N2O3. The van der Waals surface area contributed by atoms with Crippen molar-refractivity contribution < 1.29 is 13.9 Å². The van der Waals surface area contributed by atoms with Gasteiger partial charge in [0.15, 0.2) is 0 Å². The summed E-state index contributed by atoms with van der Waals surface area (Å²) in [6.45, 7) is 8.42. The second kappa shape index (κ2) is 6.90. The summed E-state index contributed by atoms with van der Waals surface area (Å²) < 4.78 is 17.8. The van der Waals surface area contributed by atoms with Gasteiger partial charge >= 0.3 is 0 Å². The number of rotatable bonds is 3. The van der Waals surface area contributed by atoms with E-state index in [2.05, 4.69) is 11.8 Å². The maximum Gasteiger partial charge on any atom is 0.226 e. The first-order valence-electron chi connectivity index (χ1n) is 9.13. The summed E-state index contributed by atoms with van der Waals surface area (Å²) in [7, 11) is 0. The van der Waals surface area contributed by atoms with Crippen molar-refractivity contribution in [3.8, 4) is 11.5 Å². The molecule has 0 bridgehead atoms. The highest BCUT2D eigenvalue weighted by molar-refractivity contribution is 5.53. The summed E-state index contributed by atoms with van der Waals surface area (Å²) in [4.78, 5) is 7.22. The Morgan fingerprint density at radius 3 is 2.72 bits per heavy atom. The van der Waals surface area contributed by atoms with Crippen molar-refractivity contribution in [3.05, 3.63) is 41.8 Å². The molecule has 1 spiro atoms. The summed E-state index contributed by atoms with van der Waals surface area (Å²) in [5.41, 5.74) is 1.98. The molecule has 0 saturated carbocycles. The Labute approximate surface area is 148 Å². The van der Waals surface area contributed by atoms with Crippen molar-refractivity contribution in [1.29, 1.82) is 0 Å². The summed E-state index contributed by atoms with van der Waals surface area (Å²) in [5.74, 6) is 1.61. The van der Waals surface area contributed by atoms with Gasteiger partial charge in [0.05, 0.1) is 17.4 Å². The van der Waals surface area contributed by atoms with Crippen molar-refractivity contribution >= 4 is 0 Å². The topological polar surface area (TPSA) is 47.7 Å². The van der Waals surface area contributed by atoms with Gasteiger partial charge in [-0.15, -0.1) is 0 Å². The normalized spacial score (nSPS) is 23.8. The van der Waals surface area contributed by atoms with E-state index in [1.165, 1.54) is 0 Å². The van der Waals surface area contributed by atoms with Crippen LogP contribution in [-0.4, -0.2) is 47.9 Å². The van der Waals surface area contributed by atoms with Gasteiger partial charge in [0.25, 0.3) is 0 Å². The molecule has 5 nitrogen and oxygen atoms in total. The first kappa shape index (κ1) is 16.8. The van der Waals surface area contributed by atoms with Crippen molar-refractivity contribution in [2.45, 2.75) is 44.9 Å². The first-order valence-corrected chi connectivity index (χ1v) is 9.13. The number of oxazole rings is 1. The van der Waals surface area contributed by atoms with Crippen LogP contribution >= 0.6 is 0 Å². The predicted octanol–water partition coefficient (Wildman–Crippen LogP) is 3.42. The van der Waals surface area contributed by atoms with Crippen LogP contribution in [0.4, 0.5) is 0 Å². The molecule has 0 aliphatic carbocycles. The minimum Gasteiger partial charge on any atom is -0.441 e. The molecule has 25 heavy (non-hydrogen) atoms. The van der Waals surface area contributed by atoms with Crippen LogP contribution in [0, 0.1) is 6.92 Å². The highest BCUT2D eigenvalue weighted by Gasteiger charge is 2.41. The lowest BCUT2D eigenvalue weighted by molar-refractivity contribution is -0.185. The number of hydrogen-bond donors (Lipinski definition) is 0. The summed E-state index contributed by atoms with van der Waals surface area (Å²) in [5, 5.41) is 0. The van der Waals surface area contributed by atoms with Gasteiger partial charge in [0.2, 0.25) is 5.89 Å². The van der Waals surface area contributed by atoms with Crippen LogP contribution in [0.3, 0.4) is 0 Å². The number of aromatic nitrogens is 1. The van der Waals surface area contributed by atoms with Crippen LogP contribution in [0.2, 0.25) is 0 Å². The van der Waals surface area contributed by atoms with E-state index in [1.807, 2.05) is 37.3 Å². The standard InChI is InChI=1S/C20H26N2O3/c1-15-12-22(14-20(25-15)8-10-23-11-9-20)13-18-16(2)24-19(21-18)17-6-4-3-5-7-17/h3-7,15H,8-14H2,1-2H3. The quantitative estimate of drug-likeness (QED) is 0.855. The third kappa shape index (κ3) is 3.64. The van der Waals surface area contributed by atoms with Crippen LogP contribution in [-0.2, 0) is 16.0 Å². The van der Waals surface area contributed by atoms with Crippen molar-refractivity contribution in [1.82, 2.24) is 9.88 Å². The Balaban J connectivity index is 1.51. The zero-order valence-corrected chi connectivity index (χ0v) is 15.0. The lowest BCUT2D eigenvalue weighted by Gasteiger charge is -2.47. The van der Waals surface area contributed by atoms with E-state index >= 15 is 0 Å². The molecule has 1 atom stereocenters. The second-order valence-electron chi connectivity index (χ2n) is 7.28. The van der Waals surface area contributed by atoms with E-state index in [0.29, 0.717) is 5.89 Å². The van der Waals surface area contributed by atoms with Crippen LogP contribution in [0.25, 0.3) is 11.5 Å². The molecule has 4 rings (SSSR count). The van der Waals surface area contributed by atoms with E-state index in [1.54, 1.807) is 0 Å². The largest absolute Gasteiger partial charge is 0.441 e. The van der Waals surface area contributed by atoms with Crippen LogP contribution in [0.1, 0.15) is 31.2 Å². The van der Waals surface area contributed by atoms with E-state index in [0.717, 1.165) is 62.7 Å². The molecule has 2 aliphatic rings. The van der Waals surface area contributed by atoms with Crippen molar-refractivity contribution in [3.63, 3.8) is 0 Å². The fraction of sp³-hybridized carbons (Fsp3) is 0.550. The molecule has 3 heterocycles. The molecule has 2 fully saturated rings. The molecule has 1 unspecified atom stereocenters. The van der Waals surface area contributed by atoms with Gasteiger partial charge in [0, 0.05) is 51.3 Å². The second-order valence-corrected chi connectivity index (χ2v) is 7.28. The Morgan fingerprint density at radius 1 is 1.20 bits per heavy atom. The minimum absolute atomic E-state index is 0.0597. The monoisotopic (exact) mass is 342 g/mol. The highest BCUT2D eigenvalue weighted by atomic mass is 16.5. The number of benzene rings is 1. The molecule has 2 aromatic rings. The Morgan fingerprint density at radius 2 is 1.96 bits per heavy atom. The first-order chi connectivity index (χ1) is 12.1. The molecular weight excluding hydrogens is 316 g/mol. The zero-order chi connectivity index (χ0) is 17.3. The van der Waals surface area contributed by atoms with Gasteiger partial charge in [0.1, 0.15) is 5.76 Å². The van der Waals surface area contributed by atoms with Gasteiger partial charge in [-0.05, 0) is 26.0 Å². The third-order valence-electron chi connectivity index (χ3n) is 5.17. The van der Waals surface area contributed by atoms with Crippen LogP contribution < -0.4 is 0 Å². The van der Waals surface area contributed by atoms with E-state index in [-0.39, 0.29) is 11.7 Å². The molecule has 1 aromatic heterocycles. The van der Waals surface area contributed by atoms with Crippen LogP contribution in [0.5, 0.6) is 0 Å². The lowest BCUT2D eigenvalue weighted by Crippen LogP contribution is -2.56. The average molecular weight is 342 g/mol. The Kier molecular flexibility index (Phi) is 4.63. The van der Waals surface area contributed by atoms with E-state index in [4.69, 9.17) is 18.9 Å². The SMILES string of the molecule is Cc1oc(-c2ccccc2)nc1CN1CC(C)OC2(CCOCC2)C1. The molecule has 0 amide bonds. The van der Waals surface area contributed by atoms with E-state index < -0.39 is 0 Å². The van der Waals surface area contributed by atoms with Crippen molar-refractivity contribution in [2.75, 3.05) is 26.3 Å². The Bertz CT molecular complexity index is 707.